The van der Waals surface area contributed by atoms with Crippen LogP contribution in [0.4, 0.5) is 5.82 Å². The normalized spacial score (nSPS) is 20.2. The highest BCUT2D eigenvalue weighted by molar-refractivity contribution is 7.18. The second kappa shape index (κ2) is 6.09. The topological polar surface area (TPSA) is 29.0 Å². The van der Waals surface area contributed by atoms with Gasteiger partial charge in [0.25, 0.3) is 0 Å². The summed E-state index contributed by atoms with van der Waals surface area (Å²) in [6, 6.07) is 2.19. The van der Waals surface area contributed by atoms with Crippen LogP contribution in [0.5, 0.6) is 0 Å². The lowest BCUT2D eigenvalue weighted by molar-refractivity contribution is 0.351. The molecule has 3 nitrogen and oxygen atoms in total. The molecule has 0 bridgehead atoms. The van der Waals surface area contributed by atoms with Crippen molar-refractivity contribution in [3.8, 4) is 0 Å². The number of thiophene rings is 1. The van der Waals surface area contributed by atoms with Gasteiger partial charge >= 0.3 is 0 Å². The third-order valence-corrected chi connectivity index (χ3v) is 5.60. The van der Waals surface area contributed by atoms with Gasteiger partial charge in [0.1, 0.15) is 10.6 Å². The number of anilines is 1. The first kappa shape index (κ1) is 15.0. The maximum Gasteiger partial charge on any atom is 0.225 e. The van der Waals surface area contributed by atoms with E-state index in [1.807, 2.05) is 0 Å². The number of rotatable bonds is 2. The maximum atomic E-state index is 6.13. The first-order chi connectivity index (χ1) is 10.0. The van der Waals surface area contributed by atoms with E-state index in [0.29, 0.717) is 5.28 Å². The van der Waals surface area contributed by atoms with E-state index in [0.717, 1.165) is 41.0 Å². The molecule has 0 radical (unpaired) electrons. The molecule has 0 saturated carbocycles. The lowest BCUT2D eigenvalue weighted by atomic mass is 9.89. The molecule has 0 aromatic carbocycles. The van der Waals surface area contributed by atoms with E-state index in [9.17, 15) is 0 Å². The summed E-state index contributed by atoms with van der Waals surface area (Å²) in [6.07, 6.45) is 3.79. The molecule has 0 N–H and O–H groups in total. The molecule has 1 aliphatic rings. The first-order valence-corrected chi connectivity index (χ1v) is 8.92. The fourth-order valence-electron chi connectivity index (χ4n) is 3.24. The summed E-state index contributed by atoms with van der Waals surface area (Å²) >= 11 is 7.82. The summed E-state index contributed by atoms with van der Waals surface area (Å²) in [7, 11) is 0. The highest BCUT2D eigenvalue weighted by Gasteiger charge is 2.22. The molecule has 5 heteroatoms. The molecule has 1 unspecified atom stereocenters. The van der Waals surface area contributed by atoms with Gasteiger partial charge in [0.05, 0.1) is 5.39 Å². The fourth-order valence-corrected chi connectivity index (χ4v) is 4.33. The van der Waals surface area contributed by atoms with Crippen LogP contribution in [0.15, 0.2) is 6.07 Å². The van der Waals surface area contributed by atoms with Crippen LogP contribution in [0.25, 0.3) is 10.2 Å². The van der Waals surface area contributed by atoms with E-state index in [4.69, 9.17) is 11.6 Å². The molecular weight excluding hydrogens is 302 g/mol. The molecule has 0 spiro atoms. The van der Waals surface area contributed by atoms with Gasteiger partial charge < -0.3 is 4.90 Å². The zero-order valence-electron chi connectivity index (χ0n) is 12.9. The van der Waals surface area contributed by atoms with Crippen LogP contribution in [0.3, 0.4) is 0 Å². The Hall–Kier alpha value is -0.870. The summed E-state index contributed by atoms with van der Waals surface area (Å²) < 4.78 is 0. The zero-order chi connectivity index (χ0) is 15.0. The smallest absolute Gasteiger partial charge is 0.225 e. The Kier molecular flexibility index (Phi) is 4.36. The van der Waals surface area contributed by atoms with Crippen molar-refractivity contribution in [2.75, 3.05) is 18.0 Å². The van der Waals surface area contributed by atoms with Gasteiger partial charge in [0.2, 0.25) is 5.28 Å². The number of halogens is 1. The Labute approximate surface area is 135 Å². The summed E-state index contributed by atoms with van der Waals surface area (Å²) in [5.41, 5.74) is 0. The van der Waals surface area contributed by atoms with Crippen LogP contribution >= 0.6 is 22.9 Å². The number of hydrogen-bond donors (Lipinski definition) is 0. The molecule has 2 aromatic heterocycles. The average molecular weight is 324 g/mol. The second-order valence-electron chi connectivity index (χ2n) is 6.31. The molecule has 1 saturated heterocycles. The maximum absolute atomic E-state index is 6.13. The number of fused-ring (bicyclic) bond motifs is 1. The third kappa shape index (κ3) is 3.16. The Morgan fingerprint density at radius 1 is 1.29 bits per heavy atom. The third-order valence-electron chi connectivity index (χ3n) is 4.48. The summed E-state index contributed by atoms with van der Waals surface area (Å²) in [4.78, 5) is 13.6. The fraction of sp³-hybridized carbons (Fsp3) is 0.625. The SMILES string of the molecule is Cc1cc2c(N3CCCC(C(C)C)CC3)nc(Cl)nc2s1. The summed E-state index contributed by atoms with van der Waals surface area (Å²) in [6.45, 7) is 8.92. The molecule has 21 heavy (non-hydrogen) atoms. The minimum Gasteiger partial charge on any atom is -0.356 e. The number of hydrogen-bond acceptors (Lipinski definition) is 4. The summed E-state index contributed by atoms with van der Waals surface area (Å²) in [5.74, 6) is 2.62. The largest absolute Gasteiger partial charge is 0.356 e. The Morgan fingerprint density at radius 2 is 2.10 bits per heavy atom. The average Bonchev–Trinajstić information content (AvgIpc) is 2.65. The zero-order valence-corrected chi connectivity index (χ0v) is 14.5. The molecule has 1 aliphatic heterocycles. The molecular formula is C16H22ClN3S. The van der Waals surface area contributed by atoms with Crippen LogP contribution in [0, 0.1) is 18.8 Å². The number of aromatic nitrogens is 2. The lowest BCUT2D eigenvalue weighted by Gasteiger charge is -2.23. The highest BCUT2D eigenvalue weighted by Crippen LogP contribution is 2.34. The standard InChI is InChI=1S/C16H22ClN3S/c1-10(2)12-5-4-7-20(8-6-12)14-13-9-11(3)21-15(13)19-16(17)18-14/h9-10,12H,4-8H2,1-3H3. The molecule has 114 valence electrons. The van der Waals surface area contributed by atoms with Crippen LogP contribution < -0.4 is 4.90 Å². The predicted molar refractivity (Wildman–Crippen MR) is 91.6 cm³/mol. The van der Waals surface area contributed by atoms with Crippen molar-refractivity contribution in [3.05, 3.63) is 16.2 Å². The summed E-state index contributed by atoms with van der Waals surface area (Å²) in [5, 5.41) is 1.52. The Balaban J connectivity index is 1.93. The Bertz CT molecular complexity index is 638. The van der Waals surface area contributed by atoms with Gasteiger partial charge in [0.15, 0.2) is 0 Å². The molecule has 2 aromatic rings. The van der Waals surface area contributed by atoms with Crippen molar-refractivity contribution >= 4 is 39.0 Å². The van der Waals surface area contributed by atoms with Crippen molar-refractivity contribution in [2.24, 2.45) is 11.8 Å². The predicted octanol–water partition coefficient (Wildman–Crippen LogP) is 4.92. The van der Waals surface area contributed by atoms with E-state index < -0.39 is 0 Å². The van der Waals surface area contributed by atoms with E-state index in [1.165, 1.54) is 24.1 Å². The van der Waals surface area contributed by atoms with Gasteiger partial charge in [-0.25, -0.2) is 4.98 Å². The van der Waals surface area contributed by atoms with Crippen molar-refractivity contribution in [1.29, 1.82) is 0 Å². The Morgan fingerprint density at radius 3 is 2.86 bits per heavy atom. The van der Waals surface area contributed by atoms with Gasteiger partial charge in [-0.2, -0.15) is 4.98 Å². The van der Waals surface area contributed by atoms with E-state index in [2.05, 4.69) is 41.7 Å². The molecule has 0 aliphatic carbocycles. The molecule has 0 amide bonds. The molecule has 3 heterocycles. The van der Waals surface area contributed by atoms with Crippen molar-refractivity contribution in [2.45, 2.75) is 40.0 Å². The van der Waals surface area contributed by atoms with E-state index in [-0.39, 0.29) is 0 Å². The van der Waals surface area contributed by atoms with Crippen LogP contribution in [-0.4, -0.2) is 23.1 Å². The molecule has 1 fully saturated rings. The van der Waals surface area contributed by atoms with E-state index >= 15 is 0 Å². The molecule has 1 atom stereocenters. The van der Waals surface area contributed by atoms with Crippen LogP contribution in [0.2, 0.25) is 5.28 Å². The minimum absolute atomic E-state index is 0.365. The van der Waals surface area contributed by atoms with Gasteiger partial charge in [0, 0.05) is 18.0 Å². The van der Waals surface area contributed by atoms with Gasteiger partial charge in [-0.1, -0.05) is 13.8 Å². The van der Waals surface area contributed by atoms with Gasteiger partial charge in [-0.3, -0.25) is 0 Å². The highest BCUT2D eigenvalue weighted by atomic mass is 35.5. The van der Waals surface area contributed by atoms with E-state index in [1.54, 1.807) is 11.3 Å². The van der Waals surface area contributed by atoms with Crippen molar-refractivity contribution in [1.82, 2.24) is 9.97 Å². The first-order valence-electron chi connectivity index (χ1n) is 7.73. The monoisotopic (exact) mass is 323 g/mol. The number of nitrogens with zero attached hydrogens (tertiary/aromatic N) is 3. The van der Waals surface area contributed by atoms with Crippen molar-refractivity contribution in [3.63, 3.8) is 0 Å². The lowest BCUT2D eigenvalue weighted by Crippen LogP contribution is -2.25. The van der Waals surface area contributed by atoms with Crippen LogP contribution in [0.1, 0.15) is 38.0 Å². The van der Waals surface area contributed by atoms with Crippen LogP contribution in [-0.2, 0) is 0 Å². The van der Waals surface area contributed by atoms with Gasteiger partial charge in [-0.15, -0.1) is 11.3 Å². The van der Waals surface area contributed by atoms with Crippen molar-refractivity contribution < 1.29 is 0 Å². The molecule has 3 rings (SSSR count). The van der Waals surface area contributed by atoms with Gasteiger partial charge in [-0.05, 0) is 55.7 Å². The number of aryl methyl sites for hydroxylation is 1. The minimum atomic E-state index is 0.365. The quantitative estimate of drug-likeness (QED) is 0.735. The second-order valence-corrected chi connectivity index (χ2v) is 7.89.